The van der Waals surface area contributed by atoms with Crippen molar-refractivity contribution in [2.75, 3.05) is 37.0 Å². The van der Waals surface area contributed by atoms with Gasteiger partial charge in [0.1, 0.15) is 31.0 Å². The fourth-order valence-electron chi connectivity index (χ4n) is 4.43. The van der Waals surface area contributed by atoms with Crippen LogP contribution in [0.15, 0.2) is 55.1 Å². The third-order valence-electron chi connectivity index (χ3n) is 6.43. The second-order valence-corrected chi connectivity index (χ2v) is 9.12. The van der Waals surface area contributed by atoms with E-state index in [1.807, 2.05) is 23.1 Å². The van der Waals surface area contributed by atoms with Crippen LogP contribution in [-0.4, -0.2) is 63.0 Å². The molecule has 2 aromatic heterocycles. The highest BCUT2D eigenvalue weighted by Crippen LogP contribution is 2.26. The monoisotopic (exact) mass is 547 g/mol. The first kappa shape index (κ1) is 26.8. The summed E-state index contributed by atoms with van der Waals surface area (Å²) < 4.78 is 39.9. The molecular formula is C28H27F2N7O3. The number of amides is 1. The SMILES string of the molecule is C#CN(CCOc1ccc2c(Nc3cnn(CC(=O)Nc4cccc(F)c4F)c3)ncnc2c1)C1CCOCC1. The van der Waals surface area contributed by atoms with E-state index >= 15 is 0 Å². The third-order valence-corrected chi connectivity index (χ3v) is 6.43. The number of carbonyl (C=O) groups excluding carboxylic acids is 1. The number of anilines is 3. The van der Waals surface area contributed by atoms with E-state index in [2.05, 4.69) is 31.7 Å². The van der Waals surface area contributed by atoms with Crippen LogP contribution in [0, 0.1) is 24.1 Å². The van der Waals surface area contributed by atoms with Crippen LogP contribution in [0.2, 0.25) is 0 Å². The summed E-state index contributed by atoms with van der Waals surface area (Å²) >= 11 is 0. The summed E-state index contributed by atoms with van der Waals surface area (Å²) in [6.45, 7) is 2.28. The van der Waals surface area contributed by atoms with Gasteiger partial charge in [0.15, 0.2) is 11.6 Å². The zero-order valence-electron chi connectivity index (χ0n) is 21.5. The van der Waals surface area contributed by atoms with Crippen LogP contribution in [0.25, 0.3) is 10.9 Å². The van der Waals surface area contributed by atoms with Gasteiger partial charge in [-0.15, -0.1) is 0 Å². The number of hydrogen-bond donors (Lipinski definition) is 2. The van der Waals surface area contributed by atoms with Gasteiger partial charge in [0.05, 0.1) is 29.6 Å². The maximum Gasteiger partial charge on any atom is 0.246 e. The van der Waals surface area contributed by atoms with E-state index in [0.29, 0.717) is 42.0 Å². The van der Waals surface area contributed by atoms with Crippen molar-refractivity contribution in [2.24, 2.45) is 0 Å². The summed E-state index contributed by atoms with van der Waals surface area (Å²) in [5.41, 5.74) is 1.02. The predicted molar refractivity (Wildman–Crippen MR) is 145 cm³/mol. The van der Waals surface area contributed by atoms with E-state index in [-0.39, 0.29) is 12.2 Å². The van der Waals surface area contributed by atoms with Gasteiger partial charge in [0.2, 0.25) is 5.91 Å². The van der Waals surface area contributed by atoms with Crippen LogP contribution in [0.4, 0.5) is 26.0 Å². The van der Waals surface area contributed by atoms with E-state index in [0.717, 1.165) is 37.5 Å². The Balaban J connectivity index is 1.18. The molecule has 1 aliphatic rings. The molecule has 0 saturated carbocycles. The first-order valence-electron chi connectivity index (χ1n) is 12.7. The maximum absolute atomic E-state index is 13.8. The smallest absolute Gasteiger partial charge is 0.246 e. The zero-order chi connectivity index (χ0) is 27.9. The summed E-state index contributed by atoms with van der Waals surface area (Å²) in [4.78, 5) is 23.0. The molecule has 40 heavy (non-hydrogen) atoms. The minimum absolute atomic E-state index is 0.200. The molecule has 1 amide bonds. The molecular weight excluding hydrogens is 520 g/mol. The Labute approximate surface area is 229 Å². The first-order valence-corrected chi connectivity index (χ1v) is 12.7. The zero-order valence-corrected chi connectivity index (χ0v) is 21.5. The minimum Gasteiger partial charge on any atom is -0.492 e. The molecule has 0 atom stereocenters. The van der Waals surface area contributed by atoms with Crippen LogP contribution in [0.3, 0.4) is 0 Å². The lowest BCUT2D eigenvalue weighted by molar-refractivity contribution is -0.116. The van der Waals surface area contributed by atoms with E-state index in [9.17, 15) is 13.6 Å². The Bertz CT molecular complexity index is 1530. The predicted octanol–water partition coefficient (Wildman–Crippen LogP) is 3.94. The van der Waals surface area contributed by atoms with Crippen molar-refractivity contribution < 1.29 is 23.0 Å². The number of terminal acetylenes is 1. The number of ether oxygens (including phenoxy) is 2. The number of nitrogens with one attached hydrogen (secondary N) is 2. The normalized spacial score (nSPS) is 13.5. The lowest BCUT2D eigenvalue weighted by Crippen LogP contribution is -2.38. The Morgan fingerprint density at radius 2 is 2.08 bits per heavy atom. The molecule has 1 aliphatic heterocycles. The van der Waals surface area contributed by atoms with Crippen molar-refractivity contribution in [2.45, 2.75) is 25.4 Å². The second-order valence-electron chi connectivity index (χ2n) is 9.12. The molecule has 3 heterocycles. The molecule has 0 aliphatic carbocycles. The Hall–Kier alpha value is -4.76. The molecule has 10 nitrogen and oxygen atoms in total. The number of fused-ring (bicyclic) bond motifs is 1. The van der Waals surface area contributed by atoms with Gasteiger partial charge < -0.3 is 25.0 Å². The lowest BCUT2D eigenvalue weighted by Gasteiger charge is -2.31. The summed E-state index contributed by atoms with van der Waals surface area (Å²) in [7, 11) is 0. The average Bonchev–Trinajstić information content (AvgIpc) is 3.40. The van der Waals surface area contributed by atoms with Crippen molar-refractivity contribution in [1.82, 2.24) is 24.6 Å². The summed E-state index contributed by atoms with van der Waals surface area (Å²) in [6, 6.07) is 12.2. The molecule has 0 bridgehead atoms. The largest absolute Gasteiger partial charge is 0.492 e. The van der Waals surface area contributed by atoms with Gasteiger partial charge in [-0.1, -0.05) is 12.5 Å². The highest BCUT2D eigenvalue weighted by atomic mass is 19.2. The Morgan fingerprint density at radius 3 is 2.90 bits per heavy atom. The molecule has 0 unspecified atom stereocenters. The van der Waals surface area contributed by atoms with E-state index < -0.39 is 17.5 Å². The van der Waals surface area contributed by atoms with Crippen molar-refractivity contribution in [3.63, 3.8) is 0 Å². The van der Waals surface area contributed by atoms with Gasteiger partial charge in [0.25, 0.3) is 0 Å². The number of benzene rings is 2. The Morgan fingerprint density at radius 1 is 1.23 bits per heavy atom. The fourth-order valence-corrected chi connectivity index (χ4v) is 4.43. The van der Waals surface area contributed by atoms with Gasteiger partial charge >= 0.3 is 0 Å². The molecule has 0 spiro atoms. The van der Waals surface area contributed by atoms with Crippen molar-refractivity contribution >= 4 is 34.0 Å². The number of aromatic nitrogens is 4. The Kier molecular flexibility index (Phi) is 8.32. The van der Waals surface area contributed by atoms with E-state index in [4.69, 9.17) is 15.9 Å². The van der Waals surface area contributed by atoms with Crippen LogP contribution in [0.1, 0.15) is 12.8 Å². The highest BCUT2D eigenvalue weighted by Gasteiger charge is 2.19. The number of rotatable bonds is 10. The van der Waals surface area contributed by atoms with Crippen LogP contribution in [-0.2, 0) is 16.1 Å². The van der Waals surface area contributed by atoms with Crippen LogP contribution < -0.4 is 15.4 Å². The van der Waals surface area contributed by atoms with Crippen molar-refractivity contribution in [3.8, 4) is 18.2 Å². The lowest BCUT2D eigenvalue weighted by atomic mass is 10.1. The average molecular weight is 548 g/mol. The van der Waals surface area contributed by atoms with E-state index in [1.54, 1.807) is 6.20 Å². The summed E-state index contributed by atoms with van der Waals surface area (Å²) in [5, 5.41) is 10.4. The van der Waals surface area contributed by atoms with Crippen molar-refractivity contribution in [3.05, 3.63) is 66.8 Å². The number of carbonyl (C=O) groups is 1. The highest BCUT2D eigenvalue weighted by molar-refractivity contribution is 5.92. The quantitative estimate of drug-likeness (QED) is 0.227. The molecule has 206 valence electrons. The van der Waals surface area contributed by atoms with Gasteiger partial charge in [0, 0.05) is 42.9 Å². The maximum atomic E-state index is 13.8. The van der Waals surface area contributed by atoms with Gasteiger partial charge in [-0.2, -0.15) is 5.10 Å². The first-order chi connectivity index (χ1) is 19.5. The van der Waals surface area contributed by atoms with Gasteiger partial charge in [-0.25, -0.2) is 18.7 Å². The molecule has 4 aromatic rings. The minimum atomic E-state index is -1.12. The topological polar surface area (TPSA) is 106 Å². The number of hydrogen-bond acceptors (Lipinski definition) is 8. The van der Waals surface area contributed by atoms with Crippen LogP contribution >= 0.6 is 0 Å². The summed E-state index contributed by atoms with van der Waals surface area (Å²) in [6.07, 6.45) is 12.1. The van der Waals surface area contributed by atoms with Gasteiger partial charge in [-0.3, -0.25) is 9.48 Å². The second kappa shape index (κ2) is 12.4. The molecule has 1 saturated heterocycles. The molecule has 0 radical (unpaired) electrons. The molecule has 2 aromatic carbocycles. The fraction of sp³-hybridized carbons (Fsp3) is 0.286. The van der Waals surface area contributed by atoms with Crippen LogP contribution in [0.5, 0.6) is 5.75 Å². The summed E-state index contributed by atoms with van der Waals surface area (Å²) in [5.74, 6) is -1.51. The van der Waals surface area contributed by atoms with E-state index in [1.165, 1.54) is 29.3 Å². The molecule has 12 heteroatoms. The van der Waals surface area contributed by atoms with Crippen molar-refractivity contribution in [1.29, 1.82) is 0 Å². The molecule has 5 rings (SSSR count). The molecule has 1 fully saturated rings. The number of halogens is 2. The number of nitrogens with zero attached hydrogens (tertiary/aromatic N) is 5. The molecule has 2 N–H and O–H groups in total. The third kappa shape index (κ3) is 6.44. The van der Waals surface area contributed by atoms with Gasteiger partial charge in [-0.05, 0) is 37.1 Å². The standard InChI is InChI=1S/C28H27F2N7O3/c1-2-36(20-8-11-39-12-9-20)10-13-40-21-6-7-22-25(14-21)31-18-32-28(22)34-19-15-33-37(16-19)17-26(38)35-24-5-3-4-23(29)27(24)30/h1,3-7,14-16,18,20H,8-13,17H2,(H,35,38)(H,31,32,34).